The molecule has 3 rings (SSSR count). The second kappa shape index (κ2) is 5.62. The molecule has 0 saturated carbocycles. The molecule has 21 heavy (non-hydrogen) atoms. The van der Waals surface area contributed by atoms with Crippen LogP contribution in [0.5, 0.6) is 5.75 Å². The minimum Gasteiger partial charge on any atom is -0.507 e. The molecule has 1 aliphatic rings. The van der Waals surface area contributed by atoms with Crippen molar-refractivity contribution in [2.45, 2.75) is 12.5 Å². The molecule has 0 fully saturated rings. The van der Waals surface area contributed by atoms with E-state index in [-0.39, 0.29) is 11.7 Å². The Balaban J connectivity index is 1.66. The van der Waals surface area contributed by atoms with E-state index in [4.69, 9.17) is 4.84 Å². The average Bonchev–Trinajstić information content (AvgIpc) is 2.98. The first-order chi connectivity index (χ1) is 10.2. The predicted octanol–water partition coefficient (Wildman–Crippen LogP) is 1.92. The second-order valence-electron chi connectivity index (χ2n) is 4.58. The number of hydrogen-bond donors (Lipinski definition) is 2. The van der Waals surface area contributed by atoms with Crippen LogP contribution in [0.25, 0.3) is 0 Å². The summed E-state index contributed by atoms with van der Waals surface area (Å²) in [6.45, 7) is 0. The second-order valence-corrected chi connectivity index (χ2v) is 4.58. The largest absolute Gasteiger partial charge is 0.507 e. The molecule has 0 saturated heterocycles. The number of phenolic OH excluding ortho intramolecular Hbond substituents is 1. The van der Waals surface area contributed by atoms with Gasteiger partial charge in [-0.25, -0.2) is 0 Å². The standard InChI is InChI=1S/C15H13N3O3/c19-13-6-2-1-5-11(13)12-8-14(21-18-12)15(20)17-10-4-3-7-16-9-10/h1-7,9,14,19H,8H2,(H,17,20)/t14-/m1/s1. The van der Waals surface area contributed by atoms with E-state index in [2.05, 4.69) is 15.5 Å². The molecule has 6 heteroatoms. The maximum absolute atomic E-state index is 12.1. The number of anilines is 1. The highest BCUT2D eigenvalue weighted by Crippen LogP contribution is 2.24. The Bertz CT molecular complexity index is 686. The topological polar surface area (TPSA) is 83.8 Å². The molecule has 2 N–H and O–H groups in total. The Morgan fingerprint density at radius 1 is 1.29 bits per heavy atom. The van der Waals surface area contributed by atoms with Crippen LogP contribution in [0.2, 0.25) is 0 Å². The van der Waals surface area contributed by atoms with E-state index in [1.807, 2.05) is 0 Å². The van der Waals surface area contributed by atoms with Gasteiger partial charge in [-0.1, -0.05) is 17.3 Å². The van der Waals surface area contributed by atoms with E-state index < -0.39 is 6.10 Å². The van der Waals surface area contributed by atoms with Gasteiger partial charge in [-0.3, -0.25) is 9.78 Å². The molecule has 0 unspecified atom stereocenters. The van der Waals surface area contributed by atoms with Gasteiger partial charge in [0.05, 0.1) is 17.6 Å². The quantitative estimate of drug-likeness (QED) is 0.901. The van der Waals surface area contributed by atoms with Gasteiger partial charge in [0.1, 0.15) is 5.75 Å². The number of pyridine rings is 1. The van der Waals surface area contributed by atoms with Crippen molar-refractivity contribution in [1.82, 2.24) is 4.98 Å². The maximum Gasteiger partial charge on any atom is 0.268 e. The monoisotopic (exact) mass is 283 g/mol. The first-order valence-electron chi connectivity index (χ1n) is 6.46. The van der Waals surface area contributed by atoms with Gasteiger partial charge in [-0.2, -0.15) is 0 Å². The zero-order valence-corrected chi connectivity index (χ0v) is 11.1. The number of nitrogens with one attached hydrogen (secondary N) is 1. The fourth-order valence-corrected chi connectivity index (χ4v) is 2.05. The lowest BCUT2D eigenvalue weighted by atomic mass is 10.0. The Kier molecular flexibility index (Phi) is 3.51. The van der Waals surface area contributed by atoms with Crippen LogP contribution in [0.3, 0.4) is 0 Å². The van der Waals surface area contributed by atoms with Crippen LogP contribution in [0.4, 0.5) is 5.69 Å². The summed E-state index contributed by atoms with van der Waals surface area (Å²) in [5.74, 6) is -0.176. The van der Waals surface area contributed by atoms with Gasteiger partial charge in [-0.15, -0.1) is 0 Å². The van der Waals surface area contributed by atoms with Gasteiger partial charge in [0.2, 0.25) is 6.10 Å². The maximum atomic E-state index is 12.1. The highest BCUT2D eigenvalue weighted by molar-refractivity contribution is 6.07. The zero-order chi connectivity index (χ0) is 14.7. The molecule has 0 aliphatic carbocycles. The number of amides is 1. The molecule has 1 aromatic heterocycles. The van der Waals surface area contributed by atoms with Crippen molar-refractivity contribution in [3.05, 3.63) is 54.4 Å². The van der Waals surface area contributed by atoms with Crippen LogP contribution < -0.4 is 5.32 Å². The van der Waals surface area contributed by atoms with Crippen molar-refractivity contribution in [2.75, 3.05) is 5.32 Å². The summed E-state index contributed by atoms with van der Waals surface area (Å²) >= 11 is 0. The predicted molar refractivity (Wildman–Crippen MR) is 77.0 cm³/mol. The molecule has 0 radical (unpaired) electrons. The normalized spacial score (nSPS) is 17.0. The van der Waals surface area contributed by atoms with E-state index in [9.17, 15) is 9.90 Å². The minimum atomic E-state index is -0.709. The van der Waals surface area contributed by atoms with E-state index in [1.54, 1.807) is 48.8 Å². The number of carbonyl (C=O) groups is 1. The first kappa shape index (κ1) is 13.1. The average molecular weight is 283 g/mol. The Morgan fingerprint density at radius 2 is 2.14 bits per heavy atom. The molecule has 1 aliphatic heterocycles. The number of aromatic nitrogens is 1. The Morgan fingerprint density at radius 3 is 2.90 bits per heavy atom. The van der Waals surface area contributed by atoms with Gasteiger partial charge in [-0.05, 0) is 24.3 Å². The number of para-hydroxylation sites is 1. The molecule has 6 nitrogen and oxygen atoms in total. The minimum absolute atomic E-state index is 0.119. The summed E-state index contributed by atoms with van der Waals surface area (Å²) < 4.78 is 0. The molecule has 0 spiro atoms. The van der Waals surface area contributed by atoms with Crippen molar-refractivity contribution in [3.63, 3.8) is 0 Å². The van der Waals surface area contributed by atoms with E-state index >= 15 is 0 Å². The highest BCUT2D eigenvalue weighted by atomic mass is 16.6. The van der Waals surface area contributed by atoms with Crippen LogP contribution in [0.15, 0.2) is 53.9 Å². The molecule has 1 atom stereocenters. The number of rotatable bonds is 3. The van der Waals surface area contributed by atoms with Gasteiger partial charge in [0.25, 0.3) is 5.91 Å². The number of oxime groups is 1. The number of phenols is 1. The summed E-state index contributed by atoms with van der Waals surface area (Å²) in [4.78, 5) is 21.2. The Hall–Kier alpha value is -2.89. The zero-order valence-electron chi connectivity index (χ0n) is 11.1. The first-order valence-corrected chi connectivity index (χ1v) is 6.46. The van der Waals surface area contributed by atoms with Crippen LogP contribution in [0, 0.1) is 0 Å². The van der Waals surface area contributed by atoms with Crippen LogP contribution in [0.1, 0.15) is 12.0 Å². The summed E-state index contributed by atoms with van der Waals surface area (Å²) in [7, 11) is 0. The van der Waals surface area contributed by atoms with E-state index in [1.165, 1.54) is 0 Å². The summed E-state index contributed by atoms with van der Waals surface area (Å²) in [5, 5.41) is 16.4. The molecule has 0 bridgehead atoms. The van der Waals surface area contributed by atoms with Crippen molar-refractivity contribution in [2.24, 2.45) is 5.16 Å². The fraction of sp³-hybridized carbons (Fsp3) is 0.133. The lowest BCUT2D eigenvalue weighted by molar-refractivity contribution is -0.125. The molecular weight excluding hydrogens is 270 g/mol. The van der Waals surface area contributed by atoms with Gasteiger partial charge in [0.15, 0.2) is 0 Å². The fourth-order valence-electron chi connectivity index (χ4n) is 2.05. The molecule has 2 aromatic rings. The van der Waals surface area contributed by atoms with Gasteiger partial charge < -0.3 is 15.3 Å². The molecule has 1 amide bonds. The van der Waals surface area contributed by atoms with Gasteiger partial charge in [0, 0.05) is 18.2 Å². The summed E-state index contributed by atoms with van der Waals surface area (Å²) in [6, 6.07) is 10.3. The number of aromatic hydroxyl groups is 1. The van der Waals surface area contributed by atoms with Crippen LogP contribution in [-0.4, -0.2) is 27.8 Å². The van der Waals surface area contributed by atoms with Crippen LogP contribution in [-0.2, 0) is 9.63 Å². The third-order valence-electron chi connectivity index (χ3n) is 3.11. The number of carbonyl (C=O) groups excluding carboxylic acids is 1. The van der Waals surface area contributed by atoms with Crippen LogP contribution >= 0.6 is 0 Å². The van der Waals surface area contributed by atoms with Gasteiger partial charge >= 0.3 is 0 Å². The summed E-state index contributed by atoms with van der Waals surface area (Å²) in [5.41, 5.74) is 1.73. The van der Waals surface area contributed by atoms with E-state index in [0.717, 1.165) is 0 Å². The number of benzene rings is 1. The lowest BCUT2D eigenvalue weighted by Crippen LogP contribution is -2.28. The number of nitrogens with zero attached hydrogens (tertiary/aromatic N) is 2. The molecule has 2 heterocycles. The van der Waals surface area contributed by atoms with Crippen molar-refractivity contribution in [1.29, 1.82) is 0 Å². The van der Waals surface area contributed by atoms with Crippen molar-refractivity contribution < 1.29 is 14.7 Å². The van der Waals surface area contributed by atoms with Crippen molar-refractivity contribution in [3.8, 4) is 5.75 Å². The molecule has 106 valence electrons. The SMILES string of the molecule is O=C(Nc1cccnc1)[C@H]1CC(c2ccccc2O)=NO1. The summed E-state index contributed by atoms with van der Waals surface area (Å²) in [6.07, 6.45) is 2.78. The Labute approximate surface area is 121 Å². The molecule has 1 aromatic carbocycles. The molecular formula is C15H13N3O3. The van der Waals surface area contributed by atoms with E-state index in [0.29, 0.717) is 23.4 Å². The smallest absolute Gasteiger partial charge is 0.268 e. The lowest BCUT2D eigenvalue weighted by Gasteiger charge is -2.09. The third kappa shape index (κ3) is 2.84. The highest BCUT2D eigenvalue weighted by Gasteiger charge is 2.29. The van der Waals surface area contributed by atoms with Crippen molar-refractivity contribution >= 4 is 17.3 Å². The number of hydrogen-bond acceptors (Lipinski definition) is 5. The third-order valence-corrected chi connectivity index (χ3v) is 3.11.